The van der Waals surface area contributed by atoms with E-state index in [0.29, 0.717) is 17.7 Å². The second kappa shape index (κ2) is 10.1. The molecule has 0 unspecified atom stereocenters. The predicted octanol–water partition coefficient (Wildman–Crippen LogP) is 3.49. The van der Waals surface area contributed by atoms with Gasteiger partial charge >= 0.3 is 0 Å². The van der Waals surface area contributed by atoms with Gasteiger partial charge in [0.05, 0.1) is 12.6 Å². The van der Waals surface area contributed by atoms with Crippen LogP contribution in [0.25, 0.3) is 22.0 Å². The summed E-state index contributed by atoms with van der Waals surface area (Å²) in [7, 11) is 1.60. The van der Waals surface area contributed by atoms with Gasteiger partial charge in [-0.25, -0.2) is 15.0 Å². The molecule has 1 atom stereocenters. The maximum atomic E-state index is 12.9. The second-order valence-corrected chi connectivity index (χ2v) is 8.82. The zero-order chi connectivity index (χ0) is 23.4. The molecule has 1 saturated heterocycles. The lowest BCUT2D eigenvalue weighted by Gasteiger charge is -2.35. The molecule has 33 heavy (non-hydrogen) atoms. The van der Waals surface area contributed by atoms with E-state index in [1.54, 1.807) is 13.3 Å². The Balaban J connectivity index is 1.46. The van der Waals surface area contributed by atoms with Crippen LogP contribution in [0.3, 0.4) is 0 Å². The first-order valence-corrected chi connectivity index (χ1v) is 11.5. The summed E-state index contributed by atoms with van der Waals surface area (Å²) >= 11 is 0. The van der Waals surface area contributed by atoms with Crippen molar-refractivity contribution in [3.63, 3.8) is 0 Å². The number of pyridine rings is 1. The molecule has 3 aromatic rings. The average molecular weight is 449 g/mol. The number of rotatable bonds is 7. The highest BCUT2D eigenvalue weighted by Gasteiger charge is 2.24. The summed E-state index contributed by atoms with van der Waals surface area (Å²) in [5, 5.41) is 7.35. The Morgan fingerprint density at radius 2 is 1.82 bits per heavy atom. The quantitative estimate of drug-likeness (QED) is 0.572. The Morgan fingerprint density at radius 1 is 1.06 bits per heavy atom. The number of hydrogen-bond donors (Lipinski definition) is 2. The van der Waals surface area contributed by atoms with E-state index < -0.39 is 6.04 Å². The Labute approximate surface area is 194 Å². The molecule has 174 valence electrons. The average Bonchev–Trinajstić information content (AvgIpc) is 2.84. The number of nitrogens with one attached hydrogen (secondary N) is 2. The van der Waals surface area contributed by atoms with Gasteiger partial charge in [0.1, 0.15) is 18.2 Å². The Bertz CT molecular complexity index is 1090. The molecule has 1 amide bonds. The van der Waals surface area contributed by atoms with Gasteiger partial charge < -0.3 is 20.3 Å². The normalized spacial score (nSPS) is 16.0. The van der Waals surface area contributed by atoms with Gasteiger partial charge in [0.2, 0.25) is 11.8 Å². The number of nitrogens with zero attached hydrogens (tertiary/aromatic N) is 4. The number of methoxy groups -OCH3 is 1. The molecule has 8 nitrogen and oxygen atoms in total. The van der Waals surface area contributed by atoms with Gasteiger partial charge in [-0.3, -0.25) is 4.79 Å². The van der Waals surface area contributed by atoms with Crippen molar-refractivity contribution in [2.24, 2.45) is 0 Å². The third kappa shape index (κ3) is 5.39. The molecule has 0 radical (unpaired) electrons. The minimum atomic E-state index is -0.419. The summed E-state index contributed by atoms with van der Waals surface area (Å²) in [4.78, 5) is 28.4. The zero-order valence-corrected chi connectivity index (χ0v) is 19.7. The highest BCUT2D eigenvalue weighted by Crippen LogP contribution is 2.27. The van der Waals surface area contributed by atoms with E-state index in [1.807, 2.05) is 37.3 Å². The fraction of sp³-hybridized carbons (Fsp3) is 0.440. The van der Waals surface area contributed by atoms with E-state index in [9.17, 15) is 4.79 Å². The van der Waals surface area contributed by atoms with Crippen LogP contribution in [0.2, 0.25) is 0 Å². The number of amides is 1. The highest BCUT2D eigenvalue weighted by molar-refractivity contribution is 5.94. The molecule has 1 aromatic carbocycles. The summed E-state index contributed by atoms with van der Waals surface area (Å²) in [5.74, 6) is 1.20. The number of likely N-dealkylation sites (tertiary alicyclic amines) is 1. The third-order valence-electron chi connectivity index (χ3n) is 6.27. The lowest BCUT2D eigenvalue weighted by Crippen LogP contribution is -2.49. The fourth-order valence-electron chi connectivity index (χ4n) is 4.18. The molecule has 4 rings (SSSR count). The first-order valence-electron chi connectivity index (χ1n) is 11.5. The molecule has 0 bridgehead atoms. The smallest absolute Gasteiger partial charge is 0.242 e. The van der Waals surface area contributed by atoms with Crippen molar-refractivity contribution < 1.29 is 9.53 Å². The topological polar surface area (TPSA) is 92.3 Å². The highest BCUT2D eigenvalue weighted by atomic mass is 16.5. The summed E-state index contributed by atoms with van der Waals surface area (Å²) in [6.45, 7) is 8.33. The molecule has 8 heteroatoms. The van der Waals surface area contributed by atoms with Crippen LogP contribution in [0.4, 0.5) is 5.82 Å². The summed E-state index contributed by atoms with van der Waals surface area (Å²) in [6.07, 6.45) is 5.25. The Hall–Kier alpha value is -3.26. The molecule has 2 aromatic heterocycles. The number of carbonyl (C=O) groups excluding carboxylic acids is 1. The van der Waals surface area contributed by atoms with Crippen LogP contribution < -0.4 is 15.4 Å². The Kier molecular flexibility index (Phi) is 7.03. The zero-order valence-electron chi connectivity index (χ0n) is 19.7. The van der Waals surface area contributed by atoms with E-state index in [4.69, 9.17) is 4.74 Å². The second-order valence-electron chi connectivity index (χ2n) is 8.82. The maximum Gasteiger partial charge on any atom is 0.242 e. The SMILES string of the molecule is COc1ccc(-c2ccc3ncnc(N[C@@H](C)C(=O)NC4CCN(C(C)C)CC4)c3c2)cn1. The van der Waals surface area contributed by atoms with Crippen molar-refractivity contribution >= 4 is 22.6 Å². The minimum Gasteiger partial charge on any atom is -0.481 e. The maximum absolute atomic E-state index is 12.9. The van der Waals surface area contributed by atoms with Crippen LogP contribution >= 0.6 is 0 Å². The molecule has 0 aliphatic carbocycles. The molecule has 0 spiro atoms. The molecule has 2 N–H and O–H groups in total. The third-order valence-corrected chi connectivity index (χ3v) is 6.27. The molecule has 0 saturated carbocycles. The standard InChI is InChI=1S/C25H32N6O2/c1-16(2)31-11-9-20(10-12-31)30-25(32)17(3)29-24-21-13-18(5-7-22(21)27-15-28-24)19-6-8-23(33-4)26-14-19/h5-8,13-17,20H,9-12H2,1-4H3,(H,30,32)(H,27,28,29)/t17-/m0/s1. The van der Waals surface area contributed by atoms with Gasteiger partial charge in [-0.05, 0) is 57.4 Å². The van der Waals surface area contributed by atoms with Crippen LogP contribution in [-0.2, 0) is 4.79 Å². The number of hydrogen-bond acceptors (Lipinski definition) is 7. The first-order chi connectivity index (χ1) is 15.9. The van der Waals surface area contributed by atoms with Gasteiger partial charge in [-0.2, -0.15) is 0 Å². The summed E-state index contributed by atoms with van der Waals surface area (Å²) < 4.78 is 5.15. The van der Waals surface area contributed by atoms with Crippen molar-refractivity contribution in [1.82, 2.24) is 25.2 Å². The molecule has 1 aliphatic rings. The molecule has 1 aliphatic heterocycles. The number of benzene rings is 1. The van der Waals surface area contributed by atoms with Crippen molar-refractivity contribution in [3.8, 4) is 17.0 Å². The van der Waals surface area contributed by atoms with Crippen molar-refractivity contribution in [3.05, 3.63) is 42.9 Å². The predicted molar refractivity (Wildman–Crippen MR) is 130 cm³/mol. The van der Waals surface area contributed by atoms with Crippen LogP contribution in [0.5, 0.6) is 5.88 Å². The minimum absolute atomic E-state index is 0.0136. The van der Waals surface area contributed by atoms with Crippen LogP contribution in [0, 0.1) is 0 Å². The summed E-state index contributed by atoms with van der Waals surface area (Å²) in [5.41, 5.74) is 2.77. The fourth-order valence-corrected chi connectivity index (χ4v) is 4.18. The van der Waals surface area contributed by atoms with Crippen molar-refractivity contribution in [1.29, 1.82) is 0 Å². The van der Waals surface area contributed by atoms with E-state index in [2.05, 4.69) is 44.3 Å². The molecule has 1 fully saturated rings. The number of fused-ring (bicyclic) bond motifs is 1. The molecule has 3 heterocycles. The van der Waals surface area contributed by atoms with E-state index in [0.717, 1.165) is 48.0 Å². The van der Waals surface area contributed by atoms with Crippen molar-refractivity contribution in [2.75, 3.05) is 25.5 Å². The van der Waals surface area contributed by atoms with Gasteiger partial charge in [0.25, 0.3) is 0 Å². The van der Waals surface area contributed by atoms with Crippen molar-refractivity contribution in [2.45, 2.75) is 51.7 Å². The van der Waals surface area contributed by atoms with Gasteiger partial charge in [0, 0.05) is 48.4 Å². The van der Waals surface area contributed by atoms with Crippen LogP contribution in [-0.4, -0.2) is 64.1 Å². The number of piperidine rings is 1. The van der Waals surface area contributed by atoms with Gasteiger partial charge in [-0.1, -0.05) is 6.07 Å². The van der Waals surface area contributed by atoms with Gasteiger partial charge in [-0.15, -0.1) is 0 Å². The lowest BCUT2D eigenvalue weighted by atomic mass is 10.0. The van der Waals surface area contributed by atoms with E-state index >= 15 is 0 Å². The van der Waals surface area contributed by atoms with E-state index in [-0.39, 0.29) is 11.9 Å². The number of aromatic nitrogens is 3. The largest absolute Gasteiger partial charge is 0.481 e. The lowest BCUT2D eigenvalue weighted by molar-refractivity contribution is -0.122. The van der Waals surface area contributed by atoms with Crippen LogP contribution in [0.1, 0.15) is 33.6 Å². The number of ether oxygens (including phenoxy) is 1. The monoisotopic (exact) mass is 448 g/mol. The Morgan fingerprint density at radius 3 is 2.48 bits per heavy atom. The number of carbonyl (C=O) groups is 1. The molecular weight excluding hydrogens is 416 g/mol. The number of anilines is 1. The van der Waals surface area contributed by atoms with E-state index in [1.165, 1.54) is 6.33 Å². The first kappa shape index (κ1) is 22.9. The summed E-state index contributed by atoms with van der Waals surface area (Å²) in [6, 6.07) is 10.1. The van der Waals surface area contributed by atoms with Gasteiger partial charge in [0.15, 0.2) is 0 Å². The van der Waals surface area contributed by atoms with Crippen LogP contribution in [0.15, 0.2) is 42.9 Å². The molecular formula is C25H32N6O2.